The van der Waals surface area contributed by atoms with Gasteiger partial charge in [-0.3, -0.25) is 4.79 Å². The Labute approximate surface area is 181 Å². The van der Waals surface area contributed by atoms with E-state index in [1.807, 2.05) is 19.9 Å². The minimum absolute atomic E-state index is 0.104. The van der Waals surface area contributed by atoms with E-state index in [0.29, 0.717) is 21.5 Å². The van der Waals surface area contributed by atoms with Crippen molar-refractivity contribution in [3.8, 4) is 0 Å². The number of nitrogens with zero attached hydrogens (tertiary/aromatic N) is 3. The van der Waals surface area contributed by atoms with Gasteiger partial charge in [-0.2, -0.15) is 13.2 Å². The molecule has 4 rings (SSSR count). The summed E-state index contributed by atoms with van der Waals surface area (Å²) in [7, 11) is 0. The summed E-state index contributed by atoms with van der Waals surface area (Å²) in [6.07, 6.45) is -2.75. The molecule has 1 aliphatic heterocycles. The Morgan fingerprint density at radius 2 is 1.90 bits per heavy atom. The number of alkyl halides is 3. The Balaban J connectivity index is 1.51. The predicted octanol–water partition coefficient (Wildman–Crippen LogP) is 4.88. The van der Waals surface area contributed by atoms with Gasteiger partial charge in [0, 0.05) is 18.5 Å². The van der Waals surface area contributed by atoms with Crippen LogP contribution in [0.25, 0.3) is 10.2 Å². The number of ether oxygens (including phenoxy) is 1. The van der Waals surface area contributed by atoms with Gasteiger partial charge in [0.1, 0.15) is 16.3 Å². The number of morpholine rings is 1. The number of aryl methyl sites for hydroxylation is 1. The second kappa shape index (κ2) is 8.08. The van der Waals surface area contributed by atoms with Gasteiger partial charge in [-0.1, -0.05) is 0 Å². The molecule has 0 bridgehead atoms. The Morgan fingerprint density at radius 1 is 1.19 bits per heavy atom. The van der Waals surface area contributed by atoms with Crippen molar-refractivity contribution < 1.29 is 22.7 Å². The molecule has 2 unspecified atom stereocenters. The zero-order valence-corrected chi connectivity index (χ0v) is 18.0. The zero-order valence-electron chi connectivity index (χ0n) is 17.2. The molecule has 1 N–H and O–H groups in total. The third-order valence-corrected chi connectivity index (χ3v) is 6.25. The number of hydrogen-bond acceptors (Lipinski definition) is 6. The number of fused-ring (bicyclic) bond motifs is 1. The minimum atomic E-state index is -4.53. The van der Waals surface area contributed by atoms with E-state index in [1.165, 1.54) is 6.07 Å². The predicted molar refractivity (Wildman–Crippen MR) is 114 cm³/mol. The number of amides is 1. The standard InChI is InChI=1S/C21H21F3N4O2S/c1-11-9-28(10-12(2)30-11)17-7-4-14(8-25-17)26-19(29)18-13(3)15-5-6-16(21(22,23)24)27-20(15)31-18/h4-8,11-12H,9-10H2,1-3H3,(H,26,29). The fourth-order valence-corrected chi connectivity index (χ4v) is 4.75. The number of nitrogens with one attached hydrogen (secondary N) is 1. The highest BCUT2D eigenvalue weighted by atomic mass is 32.1. The first-order valence-electron chi connectivity index (χ1n) is 9.77. The average molecular weight is 450 g/mol. The molecule has 1 saturated heterocycles. The molecule has 164 valence electrons. The van der Waals surface area contributed by atoms with Gasteiger partial charge in [-0.15, -0.1) is 11.3 Å². The van der Waals surface area contributed by atoms with Gasteiger partial charge >= 0.3 is 6.18 Å². The molecule has 10 heteroatoms. The number of anilines is 2. The molecule has 0 aromatic carbocycles. The molecule has 1 fully saturated rings. The van der Waals surface area contributed by atoms with Crippen LogP contribution in [0.5, 0.6) is 0 Å². The Morgan fingerprint density at radius 3 is 2.52 bits per heavy atom. The number of carbonyl (C=O) groups excluding carboxylic acids is 1. The minimum Gasteiger partial charge on any atom is -0.372 e. The Bertz CT molecular complexity index is 1100. The van der Waals surface area contributed by atoms with Crippen LogP contribution in [0.2, 0.25) is 0 Å². The Hall–Kier alpha value is -2.72. The number of halogens is 3. The molecule has 2 atom stereocenters. The van der Waals surface area contributed by atoms with Gasteiger partial charge in [0.15, 0.2) is 0 Å². The van der Waals surface area contributed by atoms with Gasteiger partial charge in [0.25, 0.3) is 5.91 Å². The summed E-state index contributed by atoms with van der Waals surface area (Å²) in [6, 6.07) is 5.87. The van der Waals surface area contributed by atoms with Crippen LogP contribution in [0.1, 0.15) is 34.8 Å². The van der Waals surface area contributed by atoms with Gasteiger partial charge in [-0.25, -0.2) is 9.97 Å². The largest absolute Gasteiger partial charge is 0.433 e. The maximum absolute atomic E-state index is 12.9. The molecule has 0 saturated carbocycles. The van der Waals surface area contributed by atoms with Crippen LogP contribution in [0, 0.1) is 6.92 Å². The lowest BCUT2D eigenvalue weighted by Crippen LogP contribution is -2.45. The maximum atomic E-state index is 12.9. The van der Waals surface area contributed by atoms with E-state index in [-0.39, 0.29) is 17.0 Å². The molecule has 0 spiro atoms. The summed E-state index contributed by atoms with van der Waals surface area (Å²) >= 11 is 0.942. The van der Waals surface area contributed by atoms with E-state index >= 15 is 0 Å². The van der Waals surface area contributed by atoms with Crippen molar-refractivity contribution in [3.05, 3.63) is 46.6 Å². The van der Waals surface area contributed by atoms with Crippen LogP contribution in [-0.2, 0) is 10.9 Å². The third kappa shape index (κ3) is 4.49. The fraction of sp³-hybridized carbons (Fsp3) is 0.381. The molecule has 31 heavy (non-hydrogen) atoms. The first-order valence-corrected chi connectivity index (χ1v) is 10.6. The number of thiophene rings is 1. The topological polar surface area (TPSA) is 67.4 Å². The number of hydrogen-bond donors (Lipinski definition) is 1. The Kier molecular flexibility index (Phi) is 5.61. The highest BCUT2D eigenvalue weighted by Crippen LogP contribution is 2.34. The van der Waals surface area contributed by atoms with E-state index in [2.05, 4.69) is 20.2 Å². The molecule has 6 nitrogen and oxygen atoms in total. The normalized spacial score (nSPS) is 19.6. The summed E-state index contributed by atoms with van der Waals surface area (Å²) in [5.74, 6) is 0.388. The van der Waals surface area contributed by atoms with Crippen LogP contribution >= 0.6 is 11.3 Å². The van der Waals surface area contributed by atoms with E-state index in [1.54, 1.807) is 19.2 Å². The highest BCUT2D eigenvalue weighted by Gasteiger charge is 2.33. The third-order valence-electron chi connectivity index (χ3n) is 5.05. The summed E-state index contributed by atoms with van der Waals surface area (Å²) in [6.45, 7) is 7.19. The van der Waals surface area contributed by atoms with Crippen molar-refractivity contribution in [1.82, 2.24) is 9.97 Å². The number of rotatable bonds is 3. The molecular formula is C21H21F3N4O2S. The summed E-state index contributed by atoms with van der Waals surface area (Å²) in [5.41, 5.74) is 0.128. The van der Waals surface area contributed by atoms with E-state index < -0.39 is 17.8 Å². The SMILES string of the molecule is Cc1c(C(=O)Nc2ccc(N3CC(C)OC(C)C3)nc2)sc2nc(C(F)(F)F)ccc12. The first kappa shape index (κ1) is 21.5. The van der Waals surface area contributed by atoms with Crippen molar-refractivity contribution in [3.63, 3.8) is 0 Å². The lowest BCUT2D eigenvalue weighted by molar-refractivity contribution is -0.140. The quantitative estimate of drug-likeness (QED) is 0.616. The summed E-state index contributed by atoms with van der Waals surface area (Å²) in [5, 5.41) is 3.30. The van der Waals surface area contributed by atoms with E-state index in [9.17, 15) is 18.0 Å². The number of carbonyl (C=O) groups is 1. The van der Waals surface area contributed by atoms with E-state index in [0.717, 1.165) is 36.3 Å². The number of pyridine rings is 2. The van der Waals surface area contributed by atoms with Crippen LogP contribution in [-0.4, -0.2) is 41.2 Å². The molecule has 3 aromatic heterocycles. The maximum Gasteiger partial charge on any atom is 0.433 e. The summed E-state index contributed by atoms with van der Waals surface area (Å²) < 4.78 is 44.5. The van der Waals surface area contributed by atoms with Crippen LogP contribution in [0.3, 0.4) is 0 Å². The van der Waals surface area contributed by atoms with Crippen LogP contribution < -0.4 is 10.2 Å². The average Bonchev–Trinajstić information content (AvgIpc) is 3.03. The fourth-order valence-electron chi connectivity index (χ4n) is 3.67. The van der Waals surface area contributed by atoms with Crippen LogP contribution in [0.15, 0.2) is 30.5 Å². The summed E-state index contributed by atoms with van der Waals surface area (Å²) in [4.78, 5) is 23.5. The molecule has 0 aliphatic carbocycles. The zero-order chi connectivity index (χ0) is 22.3. The van der Waals surface area contributed by atoms with Gasteiger partial charge in [-0.05, 0) is 50.6 Å². The first-order chi connectivity index (χ1) is 14.6. The van der Waals surface area contributed by atoms with Gasteiger partial charge in [0.2, 0.25) is 0 Å². The molecule has 3 aromatic rings. The molecule has 1 aliphatic rings. The van der Waals surface area contributed by atoms with E-state index in [4.69, 9.17) is 4.74 Å². The van der Waals surface area contributed by atoms with Crippen molar-refractivity contribution in [2.24, 2.45) is 0 Å². The molecular weight excluding hydrogens is 429 g/mol. The molecule has 0 radical (unpaired) electrons. The van der Waals surface area contributed by atoms with Crippen molar-refractivity contribution in [2.75, 3.05) is 23.3 Å². The smallest absolute Gasteiger partial charge is 0.372 e. The highest BCUT2D eigenvalue weighted by molar-refractivity contribution is 7.20. The van der Waals surface area contributed by atoms with Gasteiger partial charge in [0.05, 0.1) is 29.0 Å². The number of aromatic nitrogens is 2. The van der Waals surface area contributed by atoms with Crippen LogP contribution in [0.4, 0.5) is 24.7 Å². The van der Waals surface area contributed by atoms with Gasteiger partial charge < -0.3 is 15.0 Å². The molecule has 1 amide bonds. The second-order valence-corrected chi connectivity index (χ2v) is 8.62. The lowest BCUT2D eigenvalue weighted by atomic mass is 10.1. The second-order valence-electron chi connectivity index (χ2n) is 7.62. The molecule has 4 heterocycles. The lowest BCUT2D eigenvalue weighted by Gasteiger charge is -2.36. The van der Waals surface area contributed by atoms with Crippen molar-refractivity contribution >= 4 is 39.0 Å². The monoisotopic (exact) mass is 450 g/mol. The van der Waals surface area contributed by atoms with Crippen molar-refractivity contribution in [1.29, 1.82) is 0 Å². The van der Waals surface area contributed by atoms with Crippen molar-refractivity contribution in [2.45, 2.75) is 39.2 Å².